The fourth-order valence-corrected chi connectivity index (χ4v) is 2.36. The highest BCUT2D eigenvalue weighted by Crippen LogP contribution is 2.32. The van der Waals surface area contributed by atoms with Gasteiger partial charge in [0, 0.05) is 11.1 Å². The van der Waals surface area contributed by atoms with Gasteiger partial charge in [-0.2, -0.15) is 0 Å². The van der Waals surface area contributed by atoms with Gasteiger partial charge < -0.3 is 4.52 Å². The topological polar surface area (TPSA) is 38.9 Å². The Balaban J connectivity index is 2.18. The van der Waals surface area contributed by atoms with Crippen molar-refractivity contribution in [3.8, 4) is 11.3 Å². The van der Waals surface area contributed by atoms with Gasteiger partial charge in [-0.15, -0.1) is 0 Å². The van der Waals surface area contributed by atoms with Gasteiger partial charge in [0.25, 0.3) is 12.1 Å². The molecule has 0 spiro atoms. The summed E-state index contributed by atoms with van der Waals surface area (Å²) in [6, 6.07) is 9.11. The van der Waals surface area contributed by atoms with E-state index < -0.39 is 6.43 Å². The molecule has 0 aliphatic carbocycles. The summed E-state index contributed by atoms with van der Waals surface area (Å²) in [6.07, 6.45) is -1.67. The van der Waals surface area contributed by atoms with Crippen LogP contribution < -0.4 is 0 Å². The number of aromatic nitrogens is 2. The van der Waals surface area contributed by atoms with Gasteiger partial charge in [0.15, 0.2) is 0 Å². The lowest BCUT2D eigenvalue weighted by Gasteiger charge is -2.06. The maximum atomic E-state index is 13.3. The van der Waals surface area contributed by atoms with E-state index in [2.05, 4.69) is 17.1 Å². The van der Waals surface area contributed by atoms with Crippen molar-refractivity contribution in [2.24, 2.45) is 0 Å². The maximum Gasteiger partial charge on any atom is 0.264 e. The van der Waals surface area contributed by atoms with E-state index in [0.717, 1.165) is 12.0 Å². The van der Waals surface area contributed by atoms with Gasteiger partial charge in [0.05, 0.1) is 16.8 Å². The monoisotopic (exact) mass is 288 g/mol. The Labute approximate surface area is 120 Å². The first-order chi connectivity index (χ1) is 10.1. The zero-order valence-electron chi connectivity index (χ0n) is 11.7. The predicted molar refractivity (Wildman–Crippen MR) is 76.3 cm³/mol. The van der Waals surface area contributed by atoms with Crippen LogP contribution in [0.15, 0.2) is 34.9 Å². The van der Waals surface area contributed by atoms with E-state index in [1.165, 1.54) is 11.6 Å². The molecule has 2 aromatic heterocycles. The molecule has 0 saturated heterocycles. The average molecular weight is 288 g/mol. The van der Waals surface area contributed by atoms with Crippen molar-refractivity contribution in [1.82, 2.24) is 10.1 Å². The summed E-state index contributed by atoms with van der Waals surface area (Å²) in [7, 11) is 0. The Morgan fingerprint density at radius 2 is 1.90 bits per heavy atom. The fraction of sp³-hybridized carbons (Fsp3) is 0.250. The van der Waals surface area contributed by atoms with Crippen LogP contribution in [0.1, 0.15) is 30.2 Å². The highest BCUT2D eigenvalue weighted by Gasteiger charge is 2.20. The molecule has 3 rings (SSSR count). The smallest absolute Gasteiger partial charge is 0.264 e. The van der Waals surface area contributed by atoms with Crippen molar-refractivity contribution in [2.75, 3.05) is 0 Å². The van der Waals surface area contributed by atoms with E-state index >= 15 is 0 Å². The summed E-state index contributed by atoms with van der Waals surface area (Å²) in [5.74, 6) is 0. The lowest BCUT2D eigenvalue weighted by Crippen LogP contribution is -1.93. The zero-order chi connectivity index (χ0) is 15.0. The molecule has 0 radical (unpaired) electrons. The summed E-state index contributed by atoms with van der Waals surface area (Å²) in [5.41, 5.74) is 2.93. The maximum absolute atomic E-state index is 13.3. The number of rotatable bonds is 3. The summed E-state index contributed by atoms with van der Waals surface area (Å²) >= 11 is 0. The van der Waals surface area contributed by atoms with E-state index in [4.69, 9.17) is 4.52 Å². The Morgan fingerprint density at radius 1 is 1.19 bits per heavy atom. The summed E-state index contributed by atoms with van der Waals surface area (Å²) in [5, 5.41) is 4.03. The predicted octanol–water partition coefficient (Wildman–Crippen LogP) is 4.70. The van der Waals surface area contributed by atoms with Crippen LogP contribution in [-0.2, 0) is 6.42 Å². The minimum absolute atomic E-state index is 0.0895. The van der Waals surface area contributed by atoms with E-state index in [9.17, 15) is 8.78 Å². The van der Waals surface area contributed by atoms with E-state index in [1.807, 2.05) is 24.3 Å². The molecule has 5 heteroatoms. The Kier molecular flexibility index (Phi) is 3.41. The molecule has 0 fully saturated rings. The molecular weight excluding hydrogens is 274 g/mol. The molecule has 21 heavy (non-hydrogen) atoms. The molecule has 3 aromatic rings. The Hall–Kier alpha value is -2.30. The van der Waals surface area contributed by atoms with Gasteiger partial charge in [0.1, 0.15) is 0 Å². The Morgan fingerprint density at radius 3 is 2.52 bits per heavy atom. The van der Waals surface area contributed by atoms with Crippen LogP contribution in [0.4, 0.5) is 8.78 Å². The minimum Gasteiger partial charge on any atom is -0.336 e. The van der Waals surface area contributed by atoms with Crippen LogP contribution in [-0.4, -0.2) is 10.1 Å². The lowest BCUT2D eigenvalue weighted by molar-refractivity contribution is 0.153. The van der Waals surface area contributed by atoms with Crippen molar-refractivity contribution in [3.05, 3.63) is 47.2 Å². The molecule has 0 amide bonds. The van der Waals surface area contributed by atoms with Crippen molar-refractivity contribution in [3.63, 3.8) is 0 Å². The second-order valence-corrected chi connectivity index (χ2v) is 4.90. The number of pyridine rings is 1. The molecule has 2 heterocycles. The molecule has 0 bridgehead atoms. The first-order valence-electron chi connectivity index (χ1n) is 6.74. The van der Waals surface area contributed by atoms with Gasteiger partial charge in [-0.05, 0) is 25.0 Å². The molecule has 0 saturated carbocycles. The molecule has 0 N–H and O–H groups in total. The fourth-order valence-electron chi connectivity index (χ4n) is 2.36. The van der Waals surface area contributed by atoms with Crippen molar-refractivity contribution >= 4 is 11.1 Å². The van der Waals surface area contributed by atoms with E-state index in [-0.39, 0.29) is 11.3 Å². The number of halogens is 2. The number of alkyl halides is 2. The third-order valence-electron chi connectivity index (χ3n) is 3.54. The molecule has 0 unspecified atom stereocenters. The minimum atomic E-state index is -2.60. The molecule has 0 aliphatic rings. The molecule has 0 atom stereocenters. The number of hydrogen-bond acceptors (Lipinski definition) is 3. The molecule has 1 aromatic carbocycles. The standard InChI is InChI=1S/C16H14F2N2O/c1-3-10-4-6-11(7-5-10)13-8-12(15(17)18)14-9(2)20-21-16(14)19-13/h4-8,15H,3H2,1-2H3. The Bertz CT molecular complexity index is 779. The quantitative estimate of drug-likeness (QED) is 0.701. The number of benzene rings is 1. The second kappa shape index (κ2) is 5.24. The zero-order valence-corrected chi connectivity index (χ0v) is 11.7. The van der Waals surface area contributed by atoms with Crippen LogP contribution >= 0.6 is 0 Å². The number of nitrogens with zero attached hydrogens (tertiary/aromatic N) is 2. The lowest BCUT2D eigenvalue weighted by atomic mass is 10.0. The summed E-state index contributed by atoms with van der Waals surface area (Å²) in [4.78, 5) is 4.30. The SMILES string of the molecule is CCc1ccc(-c2cc(C(F)F)c3c(C)noc3n2)cc1. The molecule has 3 nitrogen and oxygen atoms in total. The van der Waals surface area contributed by atoms with Crippen LogP contribution in [0.2, 0.25) is 0 Å². The van der Waals surface area contributed by atoms with Crippen LogP contribution in [0, 0.1) is 6.92 Å². The van der Waals surface area contributed by atoms with Crippen molar-refractivity contribution < 1.29 is 13.3 Å². The van der Waals surface area contributed by atoms with Crippen LogP contribution in [0.25, 0.3) is 22.4 Å². The van der Waals surface area contributed by atoms with E-state index in [0.29, 0.717) is 16.8 Å². The van der Waals surface area contributed by atoms with Gasteiger partial charge in [-0.25, -0.2) is 13.8 Å². The number of hydrogen-bond donors (Lipinski definition) is 0. The van der Waals surface area contributed by atoms with E-state index in [1.54, 1.807) is 6.92 Å². The number of fused-ring (bicyclic) bond motifs is 1. The third kappa shape index (κ3) is 2.39. The molecule has 108 valence electrons. The first kappa shape index (κ1) is 13.7. The summed E-state index contributed by atoms with van der Waals surface area (Å²) in [6.45, 7) is 3.70. The average Bonchev–Trinajstić information content (AvgIpc) is 2.88. The highest BCUT2D eigenvalue weighted by atomic mass is 19.3. The first-order valence-corrected chi connectivity index (χ1v) is 6.74. The van der Waals surface area contributed by atoms with Crippen LogP contribution in [0.3, 0.4) is 0 Å². The molecule has 0 aliphatic heterocycles. The normalized spacial score (nSPS) is 11.5. The van der Waals surface area contributed by atoms with Crippen molar-refractivity contribution in [1.29, 1.82) is 0 Å². The van der Waals surface area contributed by atoms with Gasteiger partial charge in [-0.3, -0.25) is 0 Å². The van der Waals surface area contributed by atoms with Gasteiger partial charge in [-0.1, -0.05) is 36.3 Å². The third-order valence-corrected chi connectivity index (χ3v) is 3.54. The van der Waals surface area contributed by atoms with Gasteiger partial charge >= 0.3 is 0 Å². The molecular formula is C16H14F2N2O. The van der Waals surface area contributed by atoms with Crippen molar-refractivity contribution in [2.45, 2.75) is 26.7 Å². The summed E-state index contributed by atoms with van der Waals surface area (Å²) < 4.78 is 31.6. The largest absolute Gasteiger partial charge is 0.336 e. The number of aryl methyl sites for hydroxylation is 2. The van der Waals surface area contributed by atoms with Crippen LogP contribution in [0.5, 0.6) is 0 Å². The second-order valence-electron chi connectivity index (χ2n) is 4.90. The van der Waals surface area contributed by atoms with Gasteiger partial charge in [0.2, 0.25) is 0 Å². The highest BCUT2D eigenvalue weighted by molar-refractivity contribution is 5.83.